The molecule has 0 unspecified atom stereocenters. The third-order valence-electron chi connectivity index (χ3n) is 4.45. The van der Waals surface area contributed by atoms with E-state index in [4.69, 9.17) is 11.6 Å². The van der Waals surface area contributed by atoms with Gasteiger partial charge in [0.25, 0.3) is 0 Å². The fraction of sp³-hybridized carbons (Fsp3) is 0.391. The molecule has 0 aliphatic rings. The van der Waals surface area contributed by atoms with Crippen LogP contribution in [-0.4, -0.2) is 28.3 Å². The zero-order chi connectivity index (χ0) is 21.6. The number of carbonyl (C=O) groups is 2. The van der Waals surface area contributed by atoms with Crippen molar-refractivity contribution in [3.8, 4) is 0 Å². The maximum atomic E-state index is 13.2. The van der Waals surface area contributed by atoms with Crippen molar-refractivity contribution in [2.24, 2.45) is 0 Å². The van der Waals surface area contributed by atoms with Gasteiger partial charge in [0.2, 0.25) is 11.8 Å². The molecule has 1 atom stereocenters. The molecule has 0 aliphatic carbocycles. The predicted octanol–water partition coefficient (Wildman–Crippen LogP) is 4.74. The molecule has 156 valence electrons. The van der Waals surface area contributed by atoms with Crippen molar-refractivity contribution in [1.82, 2.24) is 10.2 Å². The smallest absolute Gasteiger partial charge is 0.243 e. The largest absolute Gasteiger partial charge is 0.350 e. The highest BCUT2D eigenvalue weighted by Crippen LogP contribution is 2.21. The summed E-state index contributed by atoms with van der Waals surface area (Å²) in [5.41, 5.74) is 1.04. The van der Waals surface area contributed by atoms with Crippen LogP contribution in [0.15, 0.2) is 48.5 Å². The maximum Gasteiger partial charge on any atom is 0.243 e. The molecule has 29 heavy (non-hydrogen) atoms. The van der Waals surface area contributed by atoms with E-state index in [2.05, 4.69) is 5.32 Å². The lowest BCUT2D eigenvalue weighted by molar-refractivity contribution is -0.141. The first-order valence-corrected chi connectivity index (χ1v) is 10.1. The van der Waals surface area contributed by atoms with E-state index >= 15 is 0 Å². The van der Waals surface area contributed by atoms with Gasteiger partial charge < -0.3 is 10.2 Å². The van der Waals surface area contributed by atoms with Crippen molar-refractivity contribution >= 4 is 23.4 Å². The minimum absolute atomic E-state index is 0.0734. The van der Waals surface area contributed by atoms with Gasteiger partial charge in [0.05, 0.1) is 6.42 Å². The predicted molar refractivity (Wildman–Crippen MR) is 114 cm³/mol. The molecule has 2 aromatic carbocycles. The zero-order valence-electron chi connectivity index (χ0n) is 17.3. The monoisotopic (exact) mass is 418 g/mol. The zero-order valence-corrected chi connectivity index (χ0v) is 18.1. The van der Waals surface area contributed by atoms with Gasteiger partial charge in [-0.2, -0.15) is 0 Å². The van der Waals surface area contributed by atoms with Crippen molar-refractivity contribution in [2.75, 3.05) is 0 Å². The minimum atomic E-state index is -0.640. The topological polar surface area (TPSA) is 49.4 Å². The number of hydrogen-bond acceptors (Lipinski definition) is 2. The summed E-state index contributed by atoms with van der Waals surface area (Å²) in [4.78, 5) is 27.7. The fourth-order valence-corrected chi connectivity index (χ4v) is 3.26. The molecule has 2 rings (SSSR count). The highest BCUT2D eigenvalue weighted by atomic mass is 35.5. The highest BCUT2D eigenvalue weighted by molar-refractivity contribution is 6.31. The SMILES string of the molecule is CC[C@@H](C(=O)NC(C)(C)C)N(Cc1ccccc1Cl)C(=O)Cc1ccc(F)cc1. The average molecular weight is 419 g/mol. The molecule has 0 bridgehead atoms. The number of rotatable bonds is 7. The molecule has 0 fully saturated rings. The van der Waals surface area contributed by atoms with E-state index in [1.54, 1.807) is 23.1 Å². The first-order valence-electron chi connectivity index (χ1n) is 9.70. The van der Waals surface area contributed by atoms with Crippen LogP contribution in [0.1, 0.15) is 45.2 Å². The van der Waals surface area contributed by atoms with Crippen LogP contribution in [0.25, 0.3) is 0 Å². The quantitative estimate of drug-likeness (QED) is 0.705. The summed E-state index contributed by atoms with van der Waals surface area (Å²) in [7, 11) is 0. The van der Waals surface area contributed by atoms with Gasteiger partial charge in [-0.05, 0) is 56.5 Å². The third-order valence-corrected chi connectivity index (χ3v) is 4.82. The Kier molecular flexibility index (Phi) is 7.80. The summed E-state index contributed by atoms with van der Waals surface area (Å²) in [6.07, 6.45) is 0.533. The summed E-state index contributed by atoms with van der Waals surface area (Å²) in [5, 5.41) is 3.50. The number of carbonyl (C=O) groups excluding carboxylic acids is 2. The Hall–Kier alpha value is -2.40. The summed E-state index contributed by atoms with van der Waals surface area (Å²) in [6.45, 7) is 7.79. The van der Waals surface area contributed by atoms with Crippen molar-refractivity contribution < 1.29 is 14.0 Å². The molecular formula is C23H28ClFN2O2. The standard InChI is InChI=1S/C23H28ClFN2O2/c1-5-20(22(29)26-23(2,3)4)27(15-17-8-6-7-9-19(17)24)21(28)14-16-10-12-18(25)13-11-16/h6-13,20H,5,14-15H2,1-4H3,(H,26,29)/t20-/m0/s1. The molecule has 2 aromatic rings. The molecule has 0 spiro atoms. The normalized spacial score (nSPS) is 12.3. The lowest BCUT2D eigenvalue weighted by atomic mass is 10.0. The van der Waals surface area contributed by atoms with Gasteiger partial charge in [-0.3, -0.25) is 9.59 Å². The van der Waals surface area contributed by atoms with Gasteiger partial charge in [-0.25, -0.2) is 4.39 Å². The van der Waals surface area contributed by atoms with Crippen LogP contribution in [0, 0.1) is 5.82 Å². The van der Waals surface area contributed by atoms with Crippen LogP contribution in [0.3, 0.4) is 0 Å². The van der Waals surface area contributed by atoms with Gasteiger partial charge in [0.15, 0.2) is 0 Å². The second kappa shape index (κ2) is 9.88. The first kappa shape index (κ1) is 22.9. The summed E-state index contributed by atoms with van der Waals surface area (Å²) >= 11 is 6.30. The Bertz CT molecular complexity index is 847. The summed E-state index contributed by atoms with van der Waals surface area (Å²) in [5.74, 6) is -0.781. The van der Waals surface area contributed by atoms with Gasteiger partial charge in [-0.15, -0.1) is 0 Å². The third kappa shape index (κ3) is 6.86. The van der Waals surface area contributed by atoms with E-state index in [1.165, 1.54) is 12.1 Å². The molecule has 4 nitrogen and oxygen atoms in total. The van der Waals surface area contributed by atoms with Gasteiger partial charge in [0.1, 0.15) is 11.9 Å². The van der Waals surface area contributed by atoms with E-state index < -0.39 is 11.6 Å². The number of benzene rings is 2. The number of nitrogens with zero attached hydrogens (tertiary/aromatic N) is 1. The molecule has 0 aromatic heterocycles. The van der Waals surface area contributed by atoms with Crippen molar-refractivity contribution in [3.05, 3.63) is 70.5 Å². The van der Waals surface area contributed by atoms with E-state index in [0.717, 1.165) is 5.56 Å². The molecule has 6 heteroatoms. The van der Waals surface area contributed by atoms with Crippen LogP contribution >= 0.6 is 11.6 Å². The molecule has 0 saturated carbocycles. The van der Waals surface area contributed by atoms with Crippen molar-refractivity contribution in [1.29, 1.82) is 0 Å². The lowest BCUT2D eigenvalue weighted by Crippen LogP contribution is -2.53. The van der Waals surface area contributed by atoms with Gasteiger partial charge in [-0.1, -0.05) is 48.9 Å². The van der Waals surface area contributed by atoms with Crippen LogP contribution in [0.5, 0.6) is 0 Å². The lowest BCUT2D eigenvalue weighted by Gasteiger charge is -2.33. The van der Waals surface area contributed by atoms with Crippen molar-refractivity contribution in [3.63, 3.8) is 0 Å². The first-order chi connectivity index (χ1) is 13.6. The number of amides is 2. The second-order valence-corrected chi connectivity index (χ2v) is 8.49. The fourth-order valence-electron chi connectivity index (χ4n) is 3.06. The van der Waals surface area contributed by atoms with Crippen LogP contribution < -0.4 is 5.32 Å². The number of nitrogens with one attached hydrogen (secondary N) is 1. The van der Waals surface area contributed by atoms with Gasteiger partial charge >= 0.3 is 0 Å². The molecule has 2 amide bonds. The Balaban J connectivity index is 2.32. The molecule has 0 saturated heterocycles. The maximum absolute atomic E-state index is 13.2. The van der Waals surface area contributed by atoms with E-state index in [1.807, 2.05) is 45.9 Å². The van der Waals surface area contributed by atoms with E-state index in [9.17, 15) is 14.0 Å². The summed E-state index contributed by atoms with van der Waals surface area (Å²) < 4.78 is 13.2. The highest BCUT2D eigenvalue weighted by Gasteiger charge is 2.30. The van der Waals surface area contributed by atoms with Crippen LogP contribution in [-0.2, 0) is 22.6 Å². The van der Waals surface area contributed by atoms with Gasteiger partial charge in [0, 0.05) is 17.1 Å². The summed E-state index contributed by atoms with van der Waals surface area (Å²) in [6, 6.07) is 12.4. The number of halogens is 2. The Morgan fingerprint density at radius 1 is 1.10 bits per heavy atom. The molecule has 0 aliphatic heterocycles. The second-order valence-electron chi connectivity index (χ2n) is 8.08. The Morgan fingerprint density at radius 2 is 1.72 bits per heavy atom. The Morgan fingerprint density at radius 3 is 2.28 bits per heavy atom. The number of hydrogen-bond donors (Lipinski definition) is 1. The average Bonchev–Trinajstić information content (AvgIpc) is 2.63. The van der Waals surface area contributed by atoms with E-state index in [-0.39, 0.29) is 30.6 Å². The van der Waals surface area contributed by atoms with Crippen molar-refractivity contribution in [2.45, 2.75) is 58.7 Å². The molecule has 1 N–H and O–H groups in total. The minimum Gasteiger partial charge on any atom is -0.350 e. The van der Waals surface area contributed by atoms with Crippen LogP contribution in [0.2, 0.25) is 5.02 Å². The molecule has 0 heterocycles. The van der Waals surface area contributed by atoms with Crippen LogP contribution in [0.4, 0.5) is 4.39 Å². The molecule has 0 radical (unpaired) electrons. The Labute approximate surface area is 177 Å². The molecular weight excluding hydrogens is 391 g/mol. The van der Waals surface area contributed by atoms with E-state index in [0.29, 0.717) is 17.0 Å².